The zero-order valence-electron chi connectivity index (χ0n) is 17.8. The summed E-state index contributed by atoms with van der Waals surface area (Å²) in [6.45, 7) is 4.23. The summed E-state index contributed by atoms with van der Waals surface area (Å²) in [5, 5.41) is 3.48. The fourth-order valence-corrected chi connectivity index (χ4v) is 3.98. The molecule has 0 amide bonds. The SMILES string of the molecule is CCCCCCCCC(CNCCN)(c1ccccc1)C(OC)(OC)OC. The summed E-state index contributed by atoms with van der Waals surface area (Å²) in [6, 6.07) is 10.4. The maximum absolute atomic E-state index is 5.87. The van der Waals surface area contributed by atoms with Crippen LogP contribution in [-0.4, -0.2) is 46.9 Å². The molecule has 0 saturated heterocycles. The lowest BCUT2D eigenvalue weighted by Crippen LogP contribution is -2.60. The van der Waals surface area contributed by atoms with E-state index in [0.29, 0.717) is 13.1 Å². The molecule has 156 valence electrons. The van der Waals surface area contributed by atoms with E-state index in [2.05, 4.69) is 36.5 Å². The topological polar surface area (TPSA) is 65.7 Å². The van der Waals surface area contributed by atoms with Gasteiger partial charge in [-0.15, -0.1) is 0 Å². The van der Waals surface area contributed by atoms with E-state index in [1.807, 2.05) is 6.07 Å². The molecule has 0 aliphatic rings. The number of rotatable bonds is 16. The normalized spacial score (nSPS) is 14.3. The summed E-state index contributed by atoms with van der Waals surface area (Å²) in [6.07, 6.45) is 8.30. The van der Waals surface area contributed by atoms with Crippen LogP contribution in [0.1, 0.15) is 57.4 Å². The predicted octanol–water partition coefficient (Wildman–Crippen LogP) is 3.82. The number of methoxy groups -OCH3 is 3. The van der Waals surface area contributed by atoms with Crippen molar-refractivity contribution in [3.8, 4) is 0 Å². The van der Waals surface area contributed by atoms with Crippen molar-refractivity contribution < 1.29 is 14.2 Å². The van der Waals surface area contributed by atoms with Gasteiger partial charge in [0.2, 0.25) is 0 Å². The Morgan fingerprint density at radius 3 is 2.04 bits per heavy atom. The van der Waals surface area contributed by atoms with E-state index in [9.17, 15) is 0 Å². The quantitative estimate of drug-likeness (QED) is 0.337. The number of unbranched alkanes of at least 4 members (excludes halogenated alkanes) is 5. The van der Waals surface area contributed by atoms with Gasteiger partial charge in [0, 0.05) is 41.0 Å². The highest BCUT2D eigenvalue weighted by atomic mass is 16.9. The first-order valence-electron chi connectivity index (χ1n) is 10.3. The summed E-state index contributed by atoms with van der Waals surface area (Å²) < 4.78 is 17.6. The van der Waals surface area contributed by atoms with Crippen LogP contribution in [0.5, 0.6) is 0 Å². The van der Waals surface area contributed by atoms with E-state index in [1.54, 1.807) is 21.3 Å². The van der Waals surface area contributed by atoms with E-state index in [4.69, 9.17) is 19.9 Å². The fourth-order valence-electron chi connectivity index (χ4n) is 3.98. The van der Waals surface area contributed by atoms with Crippen molar-refractivity contribution in [2.45, 2.75) is 63.3 Å². The smallest absolute Gasteiger partial charge is 0.293 e. The number of nitrogens with one attached hydrogen (secondary N) is 1. The number of benzene rings is 1. The van der Waals surface area contributed by atoms with Gasteiger partial charge < -0.3 is 25.3 Å². The van der Waals surface area contributed by atoms with Gasteiger partial charge in [0.15, 0.2) is 0 Å². The minimum atomic E-state index is -1.17. The molecule has 27 heavy (non-hydrogen) atoms. The first-order valence-corrected chi connectivity index (χ1v) is 10.3. The van der Waals surface area contributed by atoms with Crippen LogP contribution >= 0.6 is 0 Å². The Morgan fingerprint density at radius 2 is 1.48 bits per heavy atom. The second-order valence-electron chi connectivity index (χ2n) is 7.10. The number of hydrogen-bond acceptors (Lipinski definition) is 5. The molecular formula is C22H40N2O3. The molecule has 0 fully saturated rings. The van der Waals surface area contributed by atoms with Crippen LogP contribution < -0.4 is 11.1 Å². The Morgan fingerprint density at radius 1 is 0.889 bits per heavy atom. The van der Waals surface area contributed by atoms with E-state index >= 15 is 0 Å². The standard InChI is InChI=1S/C22H40N2O3/c1-5-6-7-8-9-13-16-21(19-24-18-17-23,20-14-11-10-12-15-20)22(25-2,26-3)27-4/h10-12,14-15,24H,5-9,13,16-19,23H2,1-4H3. The molecule has 1 aromatic carbocycles. The molecule has 3 N–H and O–H groups in total. The van der Waals surface area contributed by atoms with Crippen molar-refractivity contribution in [3.63, 3.8) is 0 Å². The molecule has 0 aliphatic heterocycles. The van der Waals surface area contributed by atoms with Crippen LogP contribution in [-0.2, 0) is 19.6 Å². The van der Waals surface area contributed by atoms with Crippen molar-refractivity contribution in [3.05, 3.63) is 35.9 Å². The molecule has 0 radical (unpaired) electrons. The van der Waals surface area contributed by atoms with E-state index in [0.717, 1.165) is 24.9 Å². The predicted molar refractivity (Wildman–Crippen MR) is 112 cm³/mol. The van der Waals surface area contributed by atoms with Gasteiger partial charge in [0.05, 0.1) is 5.41 Å². The molecular weight excluding hydrogens is 340 g/mol. The Bertz CT molecular complexity index is 471. The van der Waals surface area contributed by atoms with Crippen molar-refractivity contribution in [1.82, 2.24) is 5.32 Å². The summed E-state index contributed by atoms with van der Waals surface area (Å²) in [5.41, 5.74) is 6.38. The van der Waals surface area contributed by atoms with Gasteiger partial charge in [-0.3, -0.25) is 0 Å². The average molecular weight is 381 g/mol. The summed E-state index contributed by atoms with van der Waals surface area (Å²) in [7, 11) is 4.94. The zero-order chi connectivity index (χ0) is 20.0. The van der Waals surface area contributed by atoms with Gasteiger partial charge in [0.25, 0.3) is 5.97 Å². The highest BCUT2D eigenvalue weighted by molar-refractivity contribution is 5.29. The molecule has 0 heterocycles. The van der Waals surface area contributed by atoms with E-state index < -0.39 is 11.4 Å². The molecule has 5 heteroatoms. The first kappa shape index (κ1) is 24.1. The molecule has 5 nitrogen and oxygen atoms in total. The summed E-state index contributed by atoms with van der Waals surface area (Å²) >= 11 is 0. The average Bonchev–Trinajstić information content (AvgIpc) is 2.72. The third-order valence-electron chi connectivity index (χ3n) is 5.42. The molecule has 0 spiro atoms. The maximum Gasteiger partial charge on any atom is 0.293 e. The zero-order valence-corrected chi connectivity index (χ0v) is 17.8. The largest absolute Gasteiger partial charge is 0.330 e. The number of nitrogens with two attached hydrogens (primary N) is 1. The van der Waals surface area contributed by atoms with Gasteiger partial charge in [0.1, 0.15) is 0 Å². The maximum atomic E-state index is 5.87. The van der Waals surface area contributed by atoms with Crippen molar-refractivity contribution in [2.24, 2.45) is 5.73 Å². The molecule has 0 saturated carbocycles. The third-order valence-corrected chi connectivity index (χ3v) is 5.42. The number of hydrogen-bond donors (Lipinski definition) is 2. The number of ether oxygens (including phenoxy) is 3. The van der Waals surface area contributed by atoms with Gasteiger partial charge in [-0.25, -0.2) is 0 Å². The second kappa shape index (κ2) is 13.2. The highest BCUT2D eigenvalue weighted by Crippen LogP contribution is 2.43. The van der Waals surface area contributed by atoms with Crippen molar-refractivity contribution >= 4 is 0 Å². The van der Waals surface area contributed by atoms with Crippen LogP contribution in [0, 0.1) is 0 Å². The van der Waals surface area contributed by atoms with Crippen molar-refractivity contribution in [1.29, 1.82) is 0 Å². The minimum Gasteiger partial charge on any atom is -0.330 e. The minimum absolute atomic E-state index is 0.480. The molecule has 1 unspecified atom stereocenters. The monoisotopic (exact) mass is 380 g/mol. The Labute approximate surface area is 166 Å². The van der Waals surface area contributed by atoms with Crippen LogP contribution in [0.2, 0.25) is 0 Å². The second-order valence-corrected chi connectivity index (χ2v) is 7.10. The van der Waals surface area contributed by atoms with Crippen LogP contribution in [0.25, 0.3) is 0 Å². The third kappa shape index (κ3) is 6.26. The van der Waals surface area contributed by atoms with Gasteiger partial charge in [-0.1, -0.05) is 75.8 Å². The fraction of sp³-hybridized carbons (Fsp3) is 0.727. The lowest BCUT2D eigenvalue weighted by atomic mass is 9.73. The van der Waals surface area contributed by atoms with E-state index in [1.165, 1.54) is 32.1 Å². The Kier molecular flexibility index (Phi) is 11.8. The first-order chi connectivity index (χ1) is 13.2. The van der Waals surface area contributed by atoms with Crippen molar-refractivity contribution in [2.75, 3.05) is 41.0 Å². The molecule has 0 bridgehead atoms. The molecule has 1 rings (SSSR count). The Hall–Kier alpha value is -0.980. The molecule has 1 atom stereocenters. The lowest BCUT2D eigenvalue weighted by molar-refractivity contribution is -0.388. The summed E-state index contributed by atoms with van der Waals surface area (Å²) in [5.74, 6) is -1.17. The van der Waals surface area contributed by atoms with E-state index in [-0.39, 0.29) is 0 Å². The van der Waals surface area contributed by atoms with Gasteiger partial charge >= 0.3 is 0 Å². The summed E-state index contributed by atoms with van der Waals surface area (Å²) in [4.78, 5) is 0. The highest BCUT2D eigenvalue weighted by Gasteiger charge is 2.54. The Balaban J connectivity index is 3.15. The molecule has 0 aromatic heterocycles. The van der Waals surface area contributed by atoms with Crippen LogP contribution in [0.4, 0.5) is 0 Å². The van der Waals surface area contributed by atoms with Crippen LogP contribution in [0.15, 0.2) is 30.3 Å². The molecule has 0 aliphatic carbocycles. The van der Waals surface area contributed by atoms with Gasteiger partial charge in [-0.05, 0) is 12.0 Å². The van der Waals surface area contributed by atoms with Crippen LogP contribution in [0.3, 0.4) is 0 Å². The molecule has 1 aromatic rings. The lowest BCUT2D eigenvalue weighted by Gasteiger charge is -2.47. The van der Waals surface area contributed by atoms with Gasteiger partial charge in [-0.2, -0.15) is 0 Å².